The number of Topliss-reactive ketones (excluding diaryl/α,β-unsaturated/α-hetero) is 1. The molecule has 0 spiro atoms. The minimum atomic E-state index is -0.547. The zero-order valence-electron chi connectivity index (χ0n) is 10.8. The summed E-state index contributed by atoms with van der Waals surface area (Å²) in [5.74, 6) is 0.481. The van der Waals surface area contributed by atoms with E-state index in [1.54, 1.807) is 12.1 Å². The Morgan fingerprint density at radius 1 is 1.14 bits per heavy atom. The van der Waals surface area contributed by atoms with Gasteiger partial charge in [0.15, 0.2) is 5.78 Å². The first-order valence-corrected chi connectivity index (χ1v) is 6.56. The summed E-state index contributed by atoms with van der Waals surface area (Å²) in [7, 11) is 0. The molecule has 7 heteroatoms. The van der Waals surface area contributed by atoms with Crippen molar-refractivity contribution in [1.29, 1.82) is 0 Å². The van der Waals surface area contributed by atoms with E-state index in [1.807, 2.05) is 0 Å². The molecule has 0 saturated carbocycles. The van der Waals surface area contributed by atoms with Crippen molar-refractivity contribution >= 4 is 34.7 Å². The van der Waals surface area contributed by atoms with E-state index in [4.69, 9.17) is 27.9 Å². The first-order chi connectivity index (χ1) is 9.88. The standard InChI is InChI=1S/C14H9Cl2NO4/c1-8(18)11-4-3-10(7-12(11)15)21-14-5-2-9(17(19)20)6-13(14)16/h2-7H,1H3. The Morgan fingerprint density at radius 3 is 2.38 bits per heavy atom. The molecule has 0 unspecified atom stereocenters. The molecule has 0 aliphatic heterocycles. The summed E-state index contributed by atoms with van der Waals surface area (Å²) in [5, 5.41) is 11.0. The van der Waals surface area contributed by atoms with Crippen LogP contribution in [0, 0.1) is 10.1 Å². The smallest absolute Gasteiger partial charge is 0.271 e. The van der Waals surface area contributed by atoms with Gasteiger partial charge in [0.2, 0.25) is 0 Å². The molecule has 0 bridgehead atoms. The highest BCUT2D eigenvalue weighted by molar-refractivity contribution is 6.34. The highest BCUT2D eigenvalue weighted by atomic mass is 35.5. The summed E-state index contributed by atoms with van der Waals surface area (Å²) >= 11 is 11.9. The molecule has 21 heavy (non-hydrogen) atoms. The van der Waals surface area contributed by atoms with Crippen LogP contribution in [0.2, 0.25) is 10.0 Å². The fraction of sp³-hybridized carbons (Fsp3) is 0.0714. The van der Waals surface area contributed by atoms with Crippen molar-refractivity contribution < 1.29 is 14.5 Å². The number of nitro groups is 1. The number of ketones is 1. The van der Waals surface area contributed by atoms with Gasteiger partial charge < -0.3 is 4.74 Å². The second-order valence-corrected chi connectivity index (χ2v) is 4.99. The average Bonchev–Trinajstić information content (AvgIpc) is 2.40. The molecule has 0 atom stereocenters. The third-order valence-corrected chi connectivity index (χ3v) is 3.28. The molecule has 0 fully saturated rings. The molecule has 2 aromatic carbocycles. The maximum atomic E-state index is 11.3. The Bertz CT molecular complexity index is 731. The Balaban J connectivity index is 2.28. The van der Waals surface area contributed by atoms with Crippen LogP contribution in [0.3, 0.4) is 0 Å². The molecular weight excluding hydrogens is 317 g/mol. The van der Waals surface area contributed by atoms with Crippen molar-refractivity contribution in [3.8, 4) is 11.5 Å². The van der Waals surface area contributed by atoms with Crippen molar-refractivity contribution in [2.24, 2.45) is 0 Å². The molecule has 0 amide bonds. The van der Waals surface area contributed by atoms with Crippen molar-refractivity contribution in [1.82, 2.24) is 0 Å². The van der Waals surface area contributed by atoms with Gasteiger partial charge in [-0.15, -0.1) is 0 Å². The number of halogens is 2. The summed E-state index contributed by atoms with van der Waals surface area (Å²) in [5.41, 5.74) is 0.260. The van der Waals surface area contributed by atoms with Crippen molar-refractivity contribution in [2.45, 2.75) is 6.92 Å². The van der Waals surface area contributed by atoms with Crippen molar-refractivity contribution in [3.63, 3.8) is 0 Å². The van der Waals surface area contributed by atoms with Gasteiger partial charge in [-0.3, -0.25) is 14.9 Å². The SMILES string of the molecule is CC(=O)c1ccc(Oc2ccc([N+](=O)[O-])cc2Cl)cc1Cl. The number of nitrogens with zero attached hydrogens (tertiary/aromatic N) is 1. The Hall–Kier alpha value is -2.11. The molecule has 0 radical (unpaired) electrons. The number of benzene rings is 2. The highest BCUT2D eigenvalue weighted by Gasteiger charge is 2.12. The van der Waals surface area contributed by atoms with Crippen LogP contribution in [0.5, 0.6) is 11.5 Å². The molecule has 108 valence electrons. The minimum Gasteiger partial charge on any atom is -0.456 e. The predicted octanol–water partition coefficient (Wildman–Crippen LogP) is 4.90. The van der Waals surface area contributed by atoms with Gasteiger partial charge in [-0.1, -0.05) is 23.2 Å². The monoisotopic (exact) mass is 325 g/mol. The second kappa shape index (κ2) is 6.11. The molecule has 2 aromatic rings. The van der Waals surface area contributed by atoms with Gasteiger partial charge in [0.1, 0.15) is 11.5 Å². The van der Waals surface area contributed by atoms with Gasteiger partial charge in [0, 0.05) is 23.8 Å². The Morgan fingerprint density at radius 2 is 1.86 bits per heavy atom. The number of carbonyl (C=O) groups excluding carboxylic acids is 1. The van der Waals surface area contributed by atoms with E-state index < -0.39 is 4.92 Å². The summed E-state index contributed by atoms with van der Waals surface area (Å²) < 4.78 is 5.51. The lowest BCUT2D eigenvalue weighted by molar-refractivity contribution is -0.384. The molecule has 0 aromatic heterocycles. The van der Waals surface area contributed by atoms with Gasteiger partial charge in [-0.05, 0) is 25.1 Å². The fourth-order valence-corrected chi connectivity index (χ4v) is 2.17. The minimum absolute atomic E-state index is 0.107. The summed E-state index contributed by atoms with van der Waals surface area (Å²) in [4.78, 5) is 21.4. The first-order valence-electron chi connectivity index (χ1n) is 5.81. The number of carbonyl (C=O) groups is 1. The molecule has 0 saturated heterocycles. The molecule has 5 nitrogen and oxygen atoms in total. The molecule has 0 N–H and O–H groups in total. The first kappa shape index (κ1) is 15.3. The number of rotatable bonds is 4. The van der Waals surface area contributed by atoms with Gasteiger partial charge in [0.25, 0.3) is 5.69 Å². The second-order valence-electron chi connectivity index (χ2n) is 4.17. The number of ether oxygens (including phenoxy) is 1. The Kier molecular flexibility index (Phi) is 4.45. The van der Waals surface area contributed by atoms with Crippen LogP contribution in [0.25, 0.3) is 0 Å². The van der Waals surface area contributed by atoms with Crippen molar-refractivity contribution in [3.05, 3.63) is 62.1 Å². The number of nitro benzene ring substituents is 1. The quantitative estimate of drug-likeness (QED) is 0.455. The third kappa shape index (κ3) is 3.51. The van der Waals surface area contributed by atoms with E-state index in [1.165, 1.54) is 31.2 Å². The largest absolute Gasteiger partial charge is 0.456 e. The maximum absolute atomic E-state index is 11.3. The molecule has 0 aliphatic carbocycles. The van der Waals surface area contributed by atoms with Gasteiger partial charge in [-0.25, -0.2) is 0 Å². The number of hydrogen-bond donors (Lipinski definition) is 0. The zero-order valence-corrected chi connectivity index (χ0v) is 12.3. The summed E-state index contributed by atoms with van der Waals surface area (Å²) in [6.07, 6.45) is 0. The normalized spacial score (nSPS) is 10.2. The lowest BCUT2D eigenvalue weighted by Crippen LogP contribution is -1.94. The predicted molar refractivity (Wildman–Crippen MR) is 79.6 cm³/mol. The van der Waals surface area contributed by atoms with Crippen LogP contribution in [0.1, 0.15) is 17.3 Å². The van der Waals surface area contributed by atoms with Gasteiger partial charge in [0.05, 0.1) is 15.0 Å². The van der Waals surface area contributed by atoms with E-state index in [0.29, 0.717) is 11.3 Å². The third-order valence-electron chi connectivity index (χ3n) is 2.67. The van der Waals surface area contributed by atoms with E-state index in [2.05, 4.69) is 0 Å². The molecular formula is C14H9Cl2NO4. The number of hydrogen-bond acceptors (Lipinski definition) is 4. The fourth-order valence-electron chi connectivity index (χ4n) is 1.66. The van der Waals surface area contributed by atoms with Crippen LogP contribution >= 0.6 is 23.2 Å². The van der Waals surface area contributed by atoms with E-state index in [9.17, 15) is 14.9 Å². The van der Waals surface area contributed by atoms with Gasteiger partial charge in [-0.2, -0.15) is 0 Å². The van der Waals surface area contributed by atoms with Crippen LogP contribution in [-0.2, 0) is 0 Å². The topological polar surface area (TPSA) is 69.4 Å². The maximum Gasteiger partial charge on any atom is 0.271 e. The van der Waals surface area contributed by atoms with Crippen LogP contribution in [0.15, 0.2) is 36.4 Å². The zero-order chi connectivity index (χ0) is 15.6. The highest BCUT2D eigenvalue weighted by Crippen LogP contribution is 2.33. The molecule has 0 aliphatic rings. The van der Waals surface area contributed by atoms with E-state index >= 15 is 0 Å². The van der Waals surface area contributed by atoms with Gasteiger partial charge >= 0.3 is 0 Å². The average molecular weight is 326 g/mol. The lowest BCUT2D eigenvalue weighted by atomic mass is 10.1. The van der Waals surface area contributed by atoms with Crippen LogP contribution in [-0.4, -0.2) is 10.7 Å². The molecule has 2 rings (SSSR count). The number of non-ortho nitro benzene ring substituents is 1. The van der Waals surface area contributed by atoms with Crippen LogP contribution in [0.4, 0.5) is 5.69 Å². The van der Waals surface area contributed by atoms with Crippen LogP contribution < -0.4 is 4.74 Å². The van der Waals surface area contributed by atoms with Crippen molar-refractivity contribution in [2.75, 3.05) is 0 Å². The summed E-state index contributed by atoms with van der Waals surface area (Å²) in [6.45, 7) is 1.41. The molecule has 0 heterocycles. The Labute approximate surface area is 130 Å². The van der Waals surface area contributed by atoms with E-state index in [0.717, 1.165) is 0 Å². The summed E-state index contributed by atoms with van der Waals surface area (Å²) in [6, 6.07) is 8.47. The lowest BCUT2D eigenvalue weighted by Gasteiger charge is -2.09. The van der Waals surface area contributed by atoms with E-state index in [-0.39, 0.29) is 27.3 Å².